The van der Waals surface area contributed by atoms with Crippen molar-refractivity contribution in [2.45, 2.75) is 38.0 Å². The molecule has 0 radical (unpaired) electrons. The number of rotatable bonds is 4. The van der Waals surface area contributed by atoms with Crippen molar-refractivity contribution in [3.8, 4) is 5.75 Å². The van der Waals surface area contributed by atoms with E-state index in [0.717, 1.165) is 12.1 Å². The van der Waals surface area contributed by atoms with Gasteiger partial charge in [-0.1, -0.05) is 60.3 Å². The molecule has 1 heterocycles. The highest BCUT2D eigenvalue weighted by Crippen LogP contribution is 2.67. The number of nitrogens with one attached hydrogen (secondary N) is 2. The molecule has 0 spiro atoms. The number of fused-ring (bicyclic) bond motifs is 6. The van der Waals surface area contributed by atoms with Crippen LogP contribution in [0.2, 0.25) is 20.1 Å². The van der Waals surface area contributed by atoms with Gasteiger partial charge in [-0.2, -0.15) is 0 Å². The van der Waals surface area contributed by atoms with Gasteiger partial charge in [-0.05, 0) is 48.6 Å². The van der Waals surface area contributed by atoms with E-state index < -0.39 is 16.7 Å². The molecule has 7 nitrogen and oxygen atoms in total. The van der Waals surface area contributed by atoms with E-state index in [4.69, 9.17) is 61.1 Å². The van der Waals surface area contributed by atoms with Crippen molar-refractivity contribution < 1.29 is 14.3 Å². The molecular formula is C24H20Cl4N4O3. The first-order valence-electron chi connectivity index (χ1n) is 10.9. The Morgan fingerprint density at radius 2 is 1.69 bits per heavy atom. The van der Waals surface area contributed by atoms with Crippen molar-refractivity contribution in [1.29, 1.82) is 0 Å². The lowest BCUT2D eigenvalue weighted by atomic mass is 9.68. The van der Waals surface area contributed by atoms with Crippen LogP contribution in [0.15, 0.2) is 30.3 Å². The standard InChI is InChI=1S/C24H20Cl4N4O3/c1-23(2)12-5-6-24(23,21-20(12)29-16-8-13(26)14(27)9-17(16)30-21)22(34)32-31-19(33)10-35-18-4-3-11(25)7-15(18)28/h3-4,7-9,12H,5-6,10H2,1-2H3,(H,31,33)(H,32,34). The van der Waals surface area contributed by atoms with E-state index in [2.05, 4.69) is 10.9 Å². The summed E-state index contributed by atoms with van der Waals surface area (Å²) in [7, 11) is 0. The van der Waals surface area contributed by atoms with Gasteiger partial charge in [0.15, 0.2) is 6.61 Å². The van der Waals surface area contributed by atoms with Crippen molar-refractivity contribution in [3.63, 3.8) is 0 Å². The topological polar surface area (TPSA) is 93.2 Å². The number of ether oxygens (including phenoxy) is 1. The fourth-order valence-corrected chi connectivity index (χ4v) is 6.16. The van der Waals surface area contributed by atoms with Crippen LogP contribution in [-0.2, 0) is 15.0 Å². The highest BCUT2D eigenvalue weighted by atomic mass is 35.5. The minimum Gasteiger partial charge on any atom is -0.482 e. The van der Waals surface area contributed by atoms with E-state index in [-0.39, 0.29) is 23.5 Å². The quantitative estimate of drug-likeness (QED) is 0.409. The maximum atomic E-state index is 13.6. The van der Waals surface area contributed by atoms with Crippen LogP contribution in [0.4, 0.5) is 0 Å². The Morgan fingerprint density at radius 1 is 1.00 bits per heavy atom. The van der Waals surface area contributed by atoms with Crippen LogP contribution >= 0.6 is 46.4 Å². The summed E-state index contributed by atoms with van der Waals surface area (Å²) >= 11 is 24.3. The third-order valence-corrected chi connectivity index (χ3v) is 8.46. The van der Waals surface area contributed by atoms with Gasteiger partial charge < -0.3 is 4.74 Å². The van der Waals surface area contributed by atoms with Gasteiger partial charge in [0.05, 0.1) is 37.5 Å². The van der Waals surface area contributed by atoms with Crippen LogP contribution in [0.5, 0.6) is 5.75 Å². The SMILES string of the molecule is CC1(C)C2CCC1(C(=O)NNC(=O)COc1ccc(Cl)cc1Cl)c1nc3cc(Cl)c(Cl)cc3nc12. The predicted octanol–water partition coefficient (Wildman–Crippen LogP) is 5.62. The van der Waals surface area contributed by atoms with Crippen LogP contribution < -0.4 is 15.6 Å². The molecule has 0 saturated heterocycles. The third kappa shape index (κ3) is 3.80. The van der Waals surface area contributed by atoms with E-state index >= 15 is 0 Å². The Labute approximate surface area is 221 Å². The molecule has 2 aliphatic rings. The first kappa shape index (κ1) is 24.4. The zero-order valence-electron chi connectivity index (χ0n) is 18.7. The average Bonchev–Trinajstić information content (AvgIpc) is 3.17. The lowest BCUT2D eigenvalue weighted by Gasteiger charge is -2.36. The maximum absolute atomic E-state index is 13.6. The minimum absolute atomic E-state index is 0.0423. The summed E-state index contributed by atoms with van der Waals surface area (Å²) in [5.74, 6) is -0.546. The van der Waals surface area contributed by atoms with Gasteiger partial charge >= 0.3 is 0 Å². The van der Waals surface area contributed by atoms with Crippen molar-refractivity contribution in [2.24, 2.45) is 5.41 Å². The summed E-state index contributed by atoms with van der Waals surface area (Å²) in [6.07, 6.45) is 1.36. The molecule has 2 N–H and O–H groups in total. The van der Waals surface area contributed by atoms with Gasteiger partial charge in [0.1, 0.15) is 11.2 Å². The Bertz CT molecular complexity index is 1400. The van der Waals surface area contributed by atoms with E-state index in [1.165, 1.54) is 6.07 Å². The Morgan fingerprint density at radius 3 is 2.37 bits per heavy atom. The number of hydrogen-bond acceptors (Lipinski definition) is 5. The average molecular weight is 554 g/mol. The molecule has 35 heavy (non-hydrogen) atoms. The van der Waals surface area contributed by atoms with E-state index in [1.807, 2.05) is 13.8 Å². The van der Waals surface area contributed by atoms with Gasteiger partial charge in [0.25, 0.3) is 11.8 Å². The molecule has 2 aliphatic carbocycles. The zero-order chi connectivity index (χ0) is 25.1. The second-order valence-electron chi connectivity index (χ2n) is 9.30. The number of aromatic nitrogens is 2. The van der Waals surface area contributed by atoms with Crippen molar-refractivity contribution in [2.75, 3.05) is 6.61 Å². The number of amides is 2. The maximum Gasteiger partial charge on any atom is 0.276 e. The van der Waals surface area contributed by atoms with Gasteiger partial charge in [-0.3, -0.25) is 20.4 Å². The molecule has 3 aromatic rings. The molecule has 182 valence electrons. The van der Waals surface area contributed by atoms with Gasteiger partial charge in [-0.15, -0.1) is 0 Å². The lowest BCUT2D eigenvalue weighted by molar-refractivity contribution is -0.135. The fraction of sp³-hybridized carbons (Fsp3) is 0.333. The van der Waals surface area contributed by atoms with Crippen LogP contribution in [0.25, 0.3) is 11.0 Å². The summed E-state index contributed by atoms with van der Waals surface area (Å²) in [5, 5.41) is 1.49. The second-order valence-corrected chi connectivity index (χ2v) is 11.0. The summed E-state index contributed by atoms with van der Waals surface area (Å²) in [6, 6.07) is 8.01. The molecule has 2 amide bonds. The van der Waals surface area contributed by atoms with Crippen LogP contribution in [0, 0.1) is 5.41 Å². The number of benzene rings is 2. The first-order chi connectivity index (χ1) is 16.5. The molecule has 2 unspecified atom stereocenters. The number of halogens is 4. The molecule has 2 atom stereocenters. The highest BCUT2D eigenvalue weighted by molar-refractivity contribution is 6.42. The predicted molar refractivity (Wildman–Crippen MR) is 135 cm³/mol. The summed E-state index contributed by atoms with van der Waals surface area (Å²) in [5.41, 5.74) is 6.17. The molecule has 2 bridgehead atoms. The number of carbonyl (C=O) groups excluding carboxylic acids is 2. The monoisotopic (exact) mass is 552 g/mol. The molecule has 1 aromatic heterocycles. The molecular weight excluding hydrogens is 534 g/mol. The van der Waals surface area contributed by atoms with E-state index in [1.54, 1.807) is 24.3 Å². The molecule has 1 saturated carbocycles. The lowest BCUT2D eigenvalue weighted by Crippen LogP contribution is -2.55. The van der Waals surface area contributed by atoms with Crippen LogP contribution in [0.3, 0.4) is 0 Å². The largest absolute Gasteiger partial charge is 0.482 e. The Hall–Kier alpha value is -2.32. The highest BCUT2D eigenvalue weighted by Gasteiger charge is 2.68. The summed E-state index contributed by atoms with van der Waals surface area (Å²) < 4.78 is 5.44. The van der Waals surface area contributed by atoms with Gasteiger partial charge in [0.2, 0.25) is 0 Å². The smallest absolute Gasteiger partial charge is 0.276 e. The Kier molecular flexibility index (Phi) is 6.03. The van der Waals surface area contributed by atoms with Crippen molar-refractivity contribution in [1.82, 2.24) is 20.8 Å². The summed E-state index contributed by atoms with van der Waals surface area (Å²) in [4.78, 5) is 35.6. The molecule has 11 heteroatoms. The number of hydrazine groups is 1. The van der Waals surface area contributed by atoms with E-state index in [9.17, 15) is 9.59 Å². The van der Waals surface area contributed by atoms with Crippen LogP contribution in [-0.4, -0.2) is 28.4 Å². The zero-order valence-corrected chi connectivity index (χ0v) is 21.7. The normalized spacial score (nSPS) is 21.6. The van der Waals surface area contributed by atoms with E-state index in [0.29, 0.717) is 44.0 Å². The van der Waals surface area contributed by atoms with Gasteiger partial charge in [0, 0.05) is 10.9 Å². The molecule has 2 aromatic carbocycles. The van der Waals surface area contributed by atoms with Crippen molar-refractivity contribution >= 4 is 69.3 Å². The van der Waals surface area contributed by atoms with Crippen LogP contribution in [0.1, 0.15) is 44.0 Å². The fourth-order valence-electron chi connectivity index (χ4n) is 5.38. The Balaban J connectivity index is 1.37. The molecule has 0 aliphatic heterocycles. The number of carbonyl (C=O) groups is 2. The third-order valence-electron chi connectivity index (χ3n) is 7.20. The molecule has 5 rings (SSSR count). The number of hydrogen-bond donors (Lipinski definition) is 2. The summed E-state index contributed by atoms with van der Waals surface area (Å²) in [6.45, 7) is 3.72. The first-order valence-corrected chi connectivity index (χ1v) is 12.4. The second kappa shape index (κ2) is 8.66. The minimum atomic E-state index is -0.964. The molecule has 1 fully saturated rings. The number of nitrogens with zero attached hydrogens (tertiary/aromatic N) is 2. The van der Waals surface area contributed by atoms with Crippen molar-refractivity contribution in [3.05, 3.63) is 61.8 Å². The van der Waals surface area contributed by atoms with Gasteiger partial charge in [-0.25, -0.2) is 9.97 Å².